The maximum atomic E-state index is 8.54. The second-order valence-electron chi connectivity index (χ2n) is 1.96. The second-order valence-corrected chi connectivity index (χ2v) is 3.82. The van der Waals surface area contributed by atoms with E-state index in [2.05, 4.69) is 22.0 Å². The maximum absolute atomic E-state index is 8.54. The summed E-state index contributed by atoms with van der Waals surface area (Å²) in [6.45, 7) is 2.01. The Morgan fingerprint density at radius 1 is 1.80 bits per heavy atom. The third-order valence-corrected chi connectivity index (χ3v) is 3.29. The van der Waals surface area contributed by atoms with E-state index in [1.54, 1.807) is 11.3 Å². The number of aryl methyl sites for hydroxylation is 1. The molecule has 0 N–H and O–H groups in total. The van der Waals surface area contributed by atoms with Crippen LogP contribution in [0.25, 0.3) is 0 Å². The van der Waals surface area contributed by atoms with Gasteiger partial charge < -0.3 is 0 Å². The lowest BCUT2D eigenvalue weighted by Crippen LogP contribution is -1.81. The summed E-state index contributed by atoms with van der Waals surface area (Å²) in [4.78, 5) is 0.981. The molecule has 0 aliphatic carbocycles. The maximum Gasteiger partial charge on any atom is 0.136 e. The molecule has 3 heteroatoms. The largest absolute Gasteiger partial charge is 0.197 e. The Balaban J connectivity index is 2.96. The van der Waals surface area contributed by atoms with E-state index in [0.717, 1.165) is 4.88 Å². The fourth-order valence-electron chi connectivity index (χ4n) is 0.703. The summed E-state index contributed by atoms with van der Waals surface area (Å²) >= 11 is 4.88. The van der Waals surface area contributed by atoms with Crippen LogP contribution < -0.4 is 0 Å². The van der Waals surface area contributed by atoms with Crippen LogP contribution in [-0.4, -0.2) is 0 Å². The van der Waals surface area contributed by atoms with Crippen molar-refractivity contribution in [3.05, 3.63) is 21.9 Å². The van der Waals surface area contributed by atoms with Crippen LogP contribution >= 0.6 is 27.3 Å². The van der Waals surface area contributed by atoms with Crippen LogP contribution in [0.3, 0.4) is 0 Å². The standard InChI is InChI=1S/C7H6BrNS/c1-5-2-3-10-7(5)6(8)4-9/h2-3,6H,1H3. The normalized spacial score (nSPS) is 12.5. The van der Waals surface area contributed by atoms with Gasteiger partial charge in [0.1, 0.15) is 4.83 Å². The van der Waals surface area contributed by atoms with Gasteiger partial charge in [-0.15, -0.1) is 11.3 Å². The van der Waals surface area contributed by atoms with Crippen LogP contribution in [0.5, 0.6) is 0 Å². The quantitative estimate of drug-likeness (QED) is 0.662. The van der Waals surface area contributed by atoms with Crippen molar-refractivity contribution in [2.45, 2.75) is 11.8 Å². The molecule has 10 heavy (non-hydrogen) atoms. The average Bonchev–Trinajstić information content (AvgIpc) is 2.34. The van der Waals surface area contributed by atoms with Gasteiger partial charge in [-0.3, -0.25) is 0 Å². The van der Waals surface area contributed by atoms with Crippen LogP contribution in [-0.2, 0) is 0 Å². The number of thiophene rings is 1. The van der Waals surface area contributed by atoms with Gasteiger partial charge in [0.25, 0.3) is 0 Å². The van der Waals surface area contributed by atoms with Gasteiger partial charge >= 0.3 is 0 Å². The van der Waals surface area contributed by atoms with Crippen molar-refractivity contribution < 1.29 is 0 Å². The number of alkyl halides is 1. The number of nitrogens with zero attached hydrogens (tertiary/aromatic N) is 1. The minimum atomic E-state index is -0.132. The van der Waals surface area contributed by atoms with E-state index in [1.807, 2.05) is 18.4 Å². The van der Waals surface area contributed by atoms with Crippen molar-refractivity contribution in [1.29, 1.82) is 5.26 Å². The topological polar surface area (TPSA) is 23.8 Å². The summed E-state index contributed by atoms with van der Waals surface area (Å²) in [5.41, 5.74) is 1.19. The Morgan fingerprint density at radius 2 is 2.50 bits per heavy atom. The molecule has 0 saturated heterocycles. The third-order valence-electron chi connectivity index (χ3n) is 1.25. The fraction of sp³-hybridized carbons (Fsp3) is 0.286. The van der Waals surface area contributed by atoms with Crippen LogP contribution in [0.4, 0.5) is 0 Å². The van der Waals surface area contributed by atoms with E-state index in [0.29, 0.717) is 0 Å². The first-order valence-electron chi connectivity index (χ1n) is 2.83. The molecule has 0 bridgehead atoms. The van der Waals surface area contributed by atoms with Crippen molar-refractivity contribution in [3.63, 3.8) is 0 Å². The number of hydrogen-bond acceptors (Lipinski definition) is 2. The summed E-state index contributed by atoms with van der Waals surface area (Å²) < 4.78 is 0. The molecule has 0 aromatic carbocycles. The van der Waals surface area contributed by atoms with Gasteiger partial charge in [-0.1, -0.05) is 15.9 Å². The first-order chi connectivity index (χ1) is 4.75. The second kappa shape index (κ2) is 3.18. The van der Waals surface area contributed by atoms with E-state index in [1.165, 1.54) is 5.56 Å². The van der Waals surface area contributed by atoms with Crippen LogP contribution in [0.1, 0.15) is 15.3 Å². The van der Waals surface area contributed by atoms with Crippen molar-refractivity contribution in [2.24, 2.45) is 0 Å². The zero-order valence-corrected chi connectivity index (χ0v) is 7.87. The van der Waals surface area contributed by atoms with Gasteiger partial charge in [0.15, 0.2) is 0 Å². The molecule has 52 valence electrons. The molecule has 0 radical (unpaired) electrons. The summed E-state index contributed by atoms with van der Waals surface area (Å²) in [6.07, 6.45) is 0. The molecule has 0 saturated carbocycles. The minimum absolute atomic E-state index is 0.132. The number of halogens is 1. The molecule has 1 atom stereocenters. The molecule has 0 aliphatic rings. The van der Waals surface area contributed by atoms with Crippen LogP contribution in [0.15, 0.2) is 11.4 Å². The van der Waals surface area contributed by atoms with Gasteiger partial charge in [0.05, 0.1) is 6.07 Å². The van der Waals surface area contributed by atoms with Gasteiger partial charge in [-0.2, -0.15) is 5.26 Å². The molecule has 1 nitrogen and oxygen atoms in total. The molecular formula is C7H6BrNS. The number of rotatable bonds is 1. The lowest BCUT2D eigenvalue weighted by molar-refractivity contribution is 1.26. The SMILES string of the molecule is Cc1ccsc1C(Br)C#N. The predicted molar refractivity (Wildman–Crippen MR) is 46.3 cm³/mol. The van der Waals surface area contributed by atoms with E-state index in [4.69, 9.17) is 5.26 Å². The lowest BCUT2D eigenvalue weighted by atomic mass is 10.2. The number of nitriles is 1. The summed E-state index contributed by atoms with van der Waals surface area (Å²) in [6, 6.07) is 4.15. The number of hydrogen-bond donors (Lipinski definition) is 0. The molecule has 1 heterocycles. The fourth-order valence-corrected chi connectivity index (χ4v) is 2.23. The lowest BCUT2D eigenvalue weighted by Gasteiger charge is -1.95. The van der Waals surface area contributed by atoms with E-state index in [-0.39, 0.29) is 4.83 Å². The molecule has 1 aromatic rings. The summed E-state index contributed by atoms with van der Waals surface area (Å²) in [5.74, 6) is 0. The van der Waals surface area contributed by atoms with Gasteiger partial charge in [-0.25, -0.2) is 0 Å². The Kier molecular flexibility index (Phi) is 2.47. The molecule has 0 amide bonds. The van der Waals surface area contributed by atoms with Crippen molar-refractivity contribution >= 4 is 27.3 Å². The molecule has 1 rings (SSSR count). The zero-order valence-electron chi connectivity index (χ0n) is 5.47. The molecule has 1 unspecified atom stereocenters. The molecule has 0 fully saturated rings. The van der Waals surface area contributed by atoms with Crippen LogP contribution in [0, 0.1) is 18.3 Å². The minimum Gasteiger partial charge on any atom is -0.197 e. The Morgan fingerprint density at radius 3 is 2.90 bits per heavy atom. The highest BCUT2D eigenvalue weighted by atomic mass is 79.9. The third kappa shape index (κ3) is 1.39. The van der Waals surface area contributed by atoms with Crippen molar-refractivity contribution in [1.82, 2.24) is 0 Å². The Bertz CT molecular complexity index is 261. The Labute approximate surface area is 72.4 Å². The van der Waals surface area contributed by atoms with Gasteiger partial charge in [0, 0.05) is 4.88 Å². The first kappa shape index (κ1) is 7.77. The first-order valence-corrected chi connectivity index (χ1v) is 4.63. The molecule has 0 spiro atoms. The smallest absolute Gasteiger partial charge is 0.136 e. The Hall–Kier alpha value is -0.330. The molecule has 0 aliphatic heterocycles. The molecular weight excluding hydrogens is 210 g/mol. The van der Waals surface area contributed by atoms with E-state index >= 15 is 0 Å². The highest BCUT2D eigenvalue weighted by molar-refractivity contribution is 9.09. The van der Waals surface area contributed by atoms with Gasteiger partial charge in [-0.05, 0) is 23.9 Å². The predicted octanol–water partition coefficient (Wildman–Crippen LogP) is 3.02. The summed E-state index contributed by atoms with van der Waals surface area (Å²) in [7, 11) is 0. The van der Waals surface area contributed by atoms with E-state index in [9.17, 15) is 0 Å². The van der Waals surface area contributed by atoms with Crippen molar-refractivity contribution in [2.75, 3.05) is 0 Å². The zero-order chi connectivity index (χ0) is 7.56. The van der Waals surface area contributed by atoms with Gasteiger partial charge in [0.2, 0.25) is 0 Å². The summed E-state index contributed by atoms with van der Waals surface area (Å²) in [5, 5.41) is 10.5. The average molecular weight is 216 g/mol. The molecule has 1 aromatic heterocycles. The van der Waals surface area contributed by atoms with E-state index < -0.39 is 0 Å². The van der Waals surface area contributed by atoms with Crippen molar-refractivity contribution in [3.8, 4) is 6.07 Å². The monoisotopic (exact) mass is 215 g/mol. The van der Waals surface area contributed by atoms with Crippen LogP contribution in [0.2, 0.25) is 0 Å². The highest BCUT2D eigenvalue weighted by Crippen LogP contribution is 2.29. The highest BCUT2D eigenvalue weighted by Gasteiger charge is 2.08.